The SMILES string of the molecule is CS(=O)(=O)N(Cc1ccc(C(=O)N/N=C/c2ccc(OC(=O)c3ccccc3)cc2)cc1)c1ccccc1. The predicted molar refractivity (Wildman–Crippen MR) is 147 cm³/mol. The summed E-state index contributed by atoms with van der Waals surface area (Å²) in [6.45, 7) is 0.138. The van der Waals surface area contributed by atoms with Crippen LogP contribution in [0, 0.1) is 0 Å². The van der Waals surface area contributed by atoms with Crippen LogP contribution in [0.15, 0.2) is 114 Å². The second-order valence-corrected chi connectivity index (χ2v) is 10.2. The van der Waals surface area contributed by atoms with Gasteiger partial charge in [-0.05, 0) is 71.8 Å². The van der Waals surface area contributed by atoms with Crippen molar-refractivity contribution in [3.8, 4) is 5.75 Å². The maximum Gasteiger partial charge on any atom is 0.343 e. The van der Waals surface area contributed by atoms with Crippen LogP contribution in [0.5, 0.6) is 5.75 Å². The van der Waals surface area contributed by atoms with Crippen molar-refractivity contribution in [2.45, 2.75) is 6.54 Å². The van der Waals surface area contributed by atoms with Crippen LogP contribution in [0.3, 0.4) is 0 Å². The second-order valence-electron chi connectivity index (χ2n) is 8.33. The fraction of sp³-hybridized carbons (Fsp3) is 0.0690. The molecular formula is C29H25N3O5S. The van der Waals surface area contributed by atoms with Crippen molar-refractivity contribution in [1.29, 1.82) is 0 Å². The van der Waals surface area contributed by atoms with Crippen LogP contribution in [0.4, 0.5) is 5.69 Å². The third kappa shape index (κ3) is 7.14. The van der Waals surface area contributed by atoms with Gasteiger partial charge in [0.2, 0.25) is 10.0 Å². The number of anilines is 1. The van der Waals surface area contributed by atoms with Gasteiger partial charge in [-0.25, -0.2) is 18.6 Å². The zero-order chi connectivity index (χ0) is 27.0. The van der Waals surface area contributed by atoms with E-state index in [9.17, 15) is 18.0 Å². The molecule has 38 heavy (non-hydrogen) atoms. The smallest absolute Gasteiger partial charge is 0.343 e. The Labute approximate surface area is 221 Å². The Bertz CT molecular complexity index is 1520. The highest BCUT2D eigenvalue weighted by Gasteiger charge is 2.18. The number of hydrazone groups is 1. The summed E-state index contributed by atoms with van der Waals surface area (Å²) < 4.78 is 31.2. The molecule has 0 bridgehead atoms. The number of ether oxygens (including phenoxy) is 1. The number of nitrogens with zero attached hydrogens (tertiary/aromatic N) is 2. The minimum atomic E-state index is -3.49. The van der Waals surface area contributed by atoms with Gasteiger partial charge in [0.05, 0.1) is 30.3 Å². The van der Waals surface area contributed by atoms with Crippen LogP contribution in [-0.2, 0) is 16.6 Å². The highest BCUT2D eigenvalue weighted by atomic mass is 32.2. The standard InChI is InChI=1S/C29H25N3O5S/c1-38(35,36)32(26-10-6-3-7-11-26)21-23-12-16-24(17-13-23)28(33)31-30-20-22-14-18-27(19-15-22)37-29(34)25-8-4-2-5-9-25/h2-20H,21H2,1H3,(H,31,33)/b30-20+. The molecule has 0 aliphatic carbocycles. The van der Waals surface area contributed by atoms with E-state index in [2.05, 4.69) is 10.5 Å². The Morgan fingerprint density at radius 3 is 2.03 bits per heavy atom. The second kappa shape index (κ2) is 12.0. The third-order valence-electron chi connectivity index (χ3n) is 5.47. The molecule has 0 radical (unpaired) electrons. The molecule has 4 rings (SSSR count). The number of esters is 1. The van der Waals surface area contributed by atoms with Gasteiger partial charge >= 0.3 is 5.97 Å². The van der Waals surface area contributed by atoms with Gasteiger partial charge in [-0.1, -0.05) is 48.5 Å². The minimum Gasteiger partial charge on any atom is -0.423 e. The van der Waals surface area contributed by atoms with Gasteiger partial charge in [0, 0.05) is 5.56 Å². The molecule has 4 aromatic carbocycles. The van der Waals surface area contributed by atoms with Gasteiger partial charge in [0.15, 0.2) is 0 Å². The average Bonchev–Trinajstić information content (AvgIpc) is 2.93. The first-order valence-corrected chi connectivity index (χ1v) is 13.5. The molecule has 192 valence electrons. The molecule has 4 aromatic rings. The van der Waals surface area contributed by atoms with Crippen molar-refractivity contribution in [3.63, 3.8) is 0 Å². The number of amides is 1. The summed E-state index contributed by atoms with van der Waals surface area (Å²) in [5.74, 6) is -0.472. The summed E-state index contributed by atoms with van der Waals surface area (Å²) in [5.41, 5.74) is 5.28. The maximum absolute atomic E-state index is 12.5. The number of hydrogen-bond donors (Lipinski definition) is 1. The molecule has 0 atom stereocenters. The summed E-state index contributed by atoms with van der Waals surface area (Å²) in [6, 6.07) is 30.8. The molecule has 0 heterocycles. The zero-order valence-corrected chi connectivity index (χ0v) is 21.3. The fourth-order valence-corrected chi connectivity index (χ4v) is 4.40. The number of nitrogens with one attached hydrogen (secondary N) is 1. The predicted octanol–water partition coefficient (Wildman–Crippen LogP) is 4.64. The zero-order valence-electron chi connectivity index (χ0n) is 20.5. The van der Waals surface area contributed by atoms with Crippen molar-refractivity contribution < 1.29 is 22.7 Å². The van der Waals surface area contributed by atoms with E-state index in [4.69, 9.17) is 4.74 Å². The van der Waals surface area contributed by atoms with Gasteiger partial charge in [-0.3, -0.25) is 9.10 Å². The van der Waals surface area contributed by atoms with Crippen LogP contribution < -0.4 is 14.5 Å². The first kappa shape index (κ1) is 26.3. The summed E-state index contributed by atoms with van der Waals surface area (Å²) in [5, 5.41) is 3.98. The lowest BCUT2D eigenvalue weighted by molar-refractivity contribution is 0.0734. The average molecular weight is 528 g/mol. The minimum absolute atomic E-state index is 0.138. The van der Waals surface area contributed by atoms with E-state index in [0.717, 1.165) is 11.8 Å². The van der Waals surface area contributed by atoms with Crippen LogP contribution in [-0.4, -0.2) is 32.8 Å². The number of sulfonamides is 1. The first-order chi connectivity index (χ1) is 18.3. The normalized spacial score (nSPS) is 11.2. The molecule has 0 aliphatic rings. The maximum atomic E-state index is 12.5. The summed E-state index contributed by atoms with van der Waals surface area (Å²) >= 11 is 0. The van der Waals surface area contributed by atoms with Gasteiger partial charge in [-0.15, -0.1) is 0 Å². The molecule has 0 aliphatic heterocycles. The van der Waals surface area contributed by atoms with E-state index in [0.29, 0.717) is 28.1 Å². The molecule has 0 fully saturated rings. The van der Waals surface area contributed by atoms with Gasteiger partial charge in [-0.2, -0.15) is 5.10 Å². The van der Waals surface area contributed by atoms with Crippen LogP contribution in [0.25, 0.3) is 0 Å². The Morgan fingerprint density at radius 2 is 1.42 bits per heavy atom. The molecule has 1 N–H and O–H groups in total. The number of rotatable bonds is 9. The molecule has 0 unspecified atom stereocenters. The molecule has 0 saturated carbocycles. The van der Waals surface area contributed by atoms with E-state index in [-0.39, 0.29) is 6.54 Å². The number of carbonyl (C=O) groups excluding carboxylic acids is 2. The third-order valence-corrected chi connectivity index (χ3v) is 6.61. The molecule has 0 saturated heterocycles. The molecular weight excluding hydrogens is 502 g/mol. The lowest BCUT2D eigenvalue weighted by atomic mass is 10.1. The van der Waals surface area contributed by atoms with Crippen LogP contribution >= 0.6 is 0 Å². The molecule has 9 heteroatoms. The van der Waals surface area contributed by atoms with Crippen molar-refractivity contribution >= 4 is 33.8 Å². The summed E-state index contributed by atoms with van der Waals surface area (Å²) in [7, 11) is -3.49. The van der Waals surface area contributed by atoms with E-state index in [1.807, 2.05) is 12.1 Å². The molecule has 0 aromatic heterocycles. The molecule has 1 amide bonds. The number of benzene rings is 4. The topological polar surface area (TPSA) is 105 Å². The van der Waals surface area contributed by atoms with Crippen molar-refractivity contribution in [1.82, 2.24) is 5.43 Å². The monoisotopic (exact) mass is 527 g/mol. The molecule has 0 spiro atoms. The van der Waals surface area contributed by atoms with E-state index in [1.54, 1.807) is 97.1 Å². The van der Waals surface area contributed by atoms with Gasteiger partial charge in [0.1, 0.15) is 5.75 Å². The Morgan fingerprint density at radius 1 is 0.816 bits per heavy atom. The van der Waals surface area contributed by atoms with E-state index < -0.39 is 21.9 Å². The Kier molecular flexibility index (Phi) is 8.30. The van der Waals surface area contributed by atoms with Gasteiger partial charge in [0.25, 0.3) is 5.91 Å². The fourth-order valence-electron chi connectivity index (χ4n) is 3.51. The number of hydrogen-bond acceptors (Lipinski definition) is 6. The Hall–Kier alpha value is -4.76. The van der Waals surface area contributed by atoms with E-state index >= 15 is 0 Å². The number of para-hydroxylation sites is 1. The lowest BCUT2D eigenvalue weighted by Gasteiger charge is -2.22. The van der Waals surface area contributed by atoms with Crippen LogP contribution in [0.2, 0.25) is 0 Å². The summed E-state index contributed by atoms with van der Waals surface area (Å²) in [4.78, 5) is 24.6. The summed E-state index contributed by atoms with van der Waals surface area (Å²) in [6.07, 6.45) is 2.63. The van der Waals surface area contributed by atoms with Crippen molar-refractivity contribution in [2.24, 2.45) is 5.10 Å². The lowest BCUT2D eigenvalue weighted by Crippen LogP contribution is -2.29. The number of carbonyl (C=O) groups is 2. The van der Waals surface area contributed by atoms with E-state index in [1.165, 1.54) is 10.5 Å². The van der Waals surface area contributed by atoms with Crippen LogP contribution in [0.1, 0.15) is 31.8 Å². The molecule has 8 nitrogen and oxygen atoms in total. The van der Waals surface area contributed by atoms with Crippen molar-refractivity contribution in [3.05, 3.63) is 131 Å². The first-order valence-electron chi connectivity index (χ1n) is 11.6. The quantitative estimate of drug-likeness (QED) is 0.148. The highest BCUT2D eigenvalue weighted by molar-refractivity contribution is 7.92. The Balaban J connectivity index is 1.32. The largest absolute Gasteiger partial charge is 0.423 e. The highest BCUT2D eigenvalue weighted by Crippen LogP contribution is 2.20. The van der Waals surface area contributed by atoms with Gasteiger partial charge < -0.3 is 4.74 Å². The van der Waals surface area contributed by atoms with Crippen molar-refractivity contribution in [2.75, 3.05) is 10.6 Å².